The molecule has 0 bridgehead atoms. The molecule has 0 aliphatic carbocycles. The van der Waals surface area contributed by atoms with Crippen molar-refractivity contribution >= 4 is 0 Å². The largest absolute Gasteiger partial charge is 0.389 e. The van der Waals surface area contributed by atoms with Crippen molar-refractivity contribution in [2.24, 2.45) is 0 Å². The molecular formula is C14H21F2NO2. The second-order valence-corrected chi connectivity index (χ2v) is 4.75. The highest BCUT2D eigenvalue weighted by molar-refractivity contribution is 5.20. The van der Waals surface area contributed by atoms with Crippen LogP contribution in [0.3, 0.4) is 0 Å². The van der Waals surface area contributed by atoms with Crippen molar-refractivity contribution in [3.05, 3.63) is 35.4 Å². The highest BCUT2D eigenvalue weighted by atomic mass is 19.2. The number of aliphatic hydroxyl groups is 2. The molecule has 0 aliphatic rings. The minimum atomic E-state index is -0.977. The molecule has 0 saturated heterocycles. The Bertz CT molecular complexity index is 408. The summed E-state index contributed by atoms with van der Waals surface area (Å²) in [6.45, 7) is 4.29. The first-order valence-electron chi connectivity index (χ1n) is 6.48. The average Bonchev–Trinajstić information content (AvgIpc) is 2.41. The lowest BCUT2D eigenvalue weighted by Crippen LogP contribution is -2.40. The maximum Gasteiger partial charge on any atom is 0.159 e. The van der Waals surface area contributed by atoms with Crippen LogP contribution in [0.1, 0.15) is 38.4 Å². The van der Waals surface area contributed by atoms with Crippen LogP contribution in [0, 0.1) is 11.6 Å². The zero-order valence-corrected chi connectivity index (χ0v) is 11.3. The summed E-state index contributed by atoms with van der Waals surface area (Å²) in [6, 6.07) is 3.31. The van der Waals surface area contributed by atoms with Crippen LogP contribution in [0.4, 0.5) is 8.78 Å². The van der Waals surface area contributed by atoms with Gasteiger partial charge in [-0.15, -0.1) is 0 Å². The number of halogens is 2. The molecule has 1 rings (SSSR count). The fourth-order valence-electron chi connectivity index (χ4n) is 1.78. The summed E-state index contributed by atoms with van der Waals surface area (Å²) in [4.78, 5) is 0. The van der Waals surface area contributed by atoms with E-state index in [4.69, 9.17) is 0 Å². The molecule has 0 saturated carbocycles. The molecule has 0 spiro atoms. The number of rotatable bonds is 7. The lowest BCUT2D eigenvalue weighted by molar-refractivity contribution is 0.0293. The van der Waals surface area contributed by atoms with Gasteiger partial charge in [0.25, 0.3) is 0 Å². The second kappa shape index (κ2) is 6.93. The molecule has 0 aliphatic heterocycles. The van der Waals surface area contributed by atoms with Crippen LogP contribution in [0.15, 0.2) is 18.2 Å². The van der Waals surface area contributed by atoms with Gasteiger partial charge in [0.15, 0.2) is 11.6 Å². The minimum absolute atomic E-state index is 0.174. The van der Waals surface area contributed by atoms with Gasteiger partial charge in [-0.2, -0.15) is 0 Å². The van der Waals surface area contributed by atoms with Crippen LogP contribution in [0.2, 0.25) is 0 Å². The molecule has 0 heterocycles. The molecular weight excluding hydrogens is 252 g/mol. The van der Waals surface area contributed by atoms with Crippen LogP contribution in [-0.2, 0) is 0 Å². The first-order chi connectivity index (χ1) is 8.91. The van der Waals surface area contributed by atoms with Crippen LogP contribution < -0.4 is 5.32 Å². The van der Waals surface area contributed by atoms with Gasteiger partial charge in [-0.05, 0) is 30.5 Å². The van der Waals surface area contributed by atoms with E-state index in [2.05, 4.69) is 5.32 Å². The van der Waals surface area contributed by atoms with E-state index < -0.39 is 23.3 Å². The van der Waals surface area contributed by atoms with Crippen molar-refractivity contribution in [2.75, 3.05) is 13.1 Å². The number of nitrogens with one attached hydrogen (secondary N) is 1. The van der Waals surface area contributed by atoms with Crippen LogP contribution in [-0.4, -0.2) is 28.9 Å². The Morgan fingerprint density at radius 2 is 1.84 bits per heavy atom. The average molecular weight is 273 g/mol. The lowest BCUT2D eigenvalue weighted by atomic mass is 9.97. The molecule has 5 heteroatoms. The summed E-state index contributed by atoms with van der Waals surface area (Å²) in [5.41, 5.74) is -0.490. The normalized spacial score (nSPS) is 13.6. The first-order valence-corrected chi connectivity index (χ1v) is 6.48. The van der Waals surface area contributed by atoms with E-state index in [1.165, 1.54) is 6.07 Å². The Balaban J connectivity index is 2.51. The van der Waals surface area contributed by atoms with E-state index in [-0.39, 0.29) is 6.54 Å². The van der Waals surface area contributed by atoms with E-state index in [1.54, 1.807) is 0 Å². The third kappa shape index (κ3) is 4.53. The summed E-state index contributed by atoms with van der Waals surface area (Å²) in [7, 11) is 0. The molecule has 0 radical (unpaired) electrons. The van der Waals surface area contributed by atoms with E-state index in [1.807, 2.05) is 13.8 Å². The quantitative estimate of drug-likeness (QED) is 0.713. The highest BCUT2D eigenvalue weighted by Gasteiger charge is 2.22. The van der Waals surface area contributed by atoms with Gasteiger partial charge >= 0.3 is 0 Å². The van der Waals surface area contributed by atoms with Crippen molar-refractivity contribution in [1.29, 1.82) is 0 Å². The van der Waals surface area contributed by atoms with Crippen molar-refractivity contribution < 1.29 is 19.0 Å². The monoisotopic (exact) mass is 273 g/mol. The summed E-state index contributed by atoms with van der Waals surface area (Å²) in [5, 5.41) is 22.8. The fourth-order valence-corrected chi connectivity index (χ4v) is 1.78. The van der Waals surface area contributed by atoms with Crippen LogP contribution >= 0.6 is 0 Å². The van der Waals surface area contributed by atoms with Gasteiger partial charge in [-0.25, -0.2) is 8.78 Å². The third-order valence-corrected chi connectivity index (χ3v) is 3.44. The molecule has 19 heavy (non-hydrogen) atoms. The molecule has 0 aromatic heterocycles. The van der Waals surface area contributed by atoms with Crippen molar-refractivity contribution in [3.63, 3.8) is 0 Å². The van der Waals surface area contributed by atoms with Crippen molar-refractivity contribution in [3.8, 4) is 0 Å². The van der Waals surface area contributed by atoms with Gasteiger partial charge in [0, 0.05) is 13.1 Å². The molecule has 3 N–H and O–H groups in total. The summed E-state index contributed by atoms with van der Waals surface area (Å²) in [6.07, 6.45) is 0.281. The van der Waals surface area contributed by atoms with Gasteiger partial charge in [0.2, 0.25) is 0 Å². The van der Waals surface area contributed by atoms with Crippen LogP contribution in [0.5, 0.6) is 0 Å². The summed E-state index contributed by atoms with van der Waals surface area (Å²) >= 11 is 0. The molecule has 1 aromatic carbocycles. The maximum absolute atomic E-state index is 13.0. The summed E-state index contributed by atoms with van der Waals surface area (Å²) in [5.74, 6) is -1.91. The molecule has 0 amide bonds. The van der Waals surface area contributed by atoms with Gasteiger partial charge in [-0.1, -0.05) is 19.9 Å². The van der Waals surface area contributed by atoms with E-state index in [9.17, 15) is 19.0 Å². The smallest absolute Gasteiger partial charge is 0.159 e. The molecule has 1 unspecified atom stereocenters. The summed E-state index contributed by atoms with van der Waals surface area (Å²) < 4.78 is 25.8. The maximum atomic E-state index is 13.0. The fraction of sp³-hybridized carbons (Fsp3) is 0.571. The Hall–Kier alpha value is -1.04. The Kier molecular flexibility index (Phi) is 5.85. The van der Waals surface area contributed by atoms with Crippen LogP contribution in [0.25, 0.3) is 0 Å². The van der Waals surface area contributed by atoms with Gasteiger partial charge in [-0.3, -0.25) is 0 Å². The van der Waals surface area contributed by atoms with Crippen molar-refractivity contribution in [1.82, 2.24) is 5.32 Å². The molecule has 108 valence electrons. The van der Waals surface area contributed by atoms with Gasteiger partial charge < -0.3 is 15.5 Å². The zero-order chi connectivity index (χ0) is 14.5. The molecule has 1 atom stereocenters. The minimum Gasteiger partial charge on any atom is -0.389 e. The molecule has 0 fully saturated rings. The highest BCUT2D eigenvalue weighted by Crippen LogP contribution is 2.17. The van der Waals surface area contributed by atoms with E-state index >= 15 is 0 Å². The van der Waals surface area contributed by atoms with Crippen molar-refractivity contribution in [2.45, 2.75) is 38.4 Å². The Morgan fingerprint density at radius 1 is 1.21 bits per heavy atom. The predicted molar refractivity (Wildman–Crippen MR) is 69.7 cm³/mol. The van der Waals surface area contributed by atoms with Gasteiger partial charge in [0.05, 0.1) is 11.7 Å². The third-order valence-electron chi connectivity index (χ3n) is 3.44. The molecule has 3 nitrogen and oxygen atoms in total. The zero-order valence-electron chi connectivity index (χ0n) is 11.3. The van der Waals surface area contributed by atoms with E-state index in [0.29, 0.717) is 24.9 Å². The number of hydrogen-bond acceptors (Lipinski definition) is 3. The van der Waals surface area contributed by atoms with Gasteiger partial charge in [0.1, 0.15) is 0 Å². The number of hydrogen-bond donors (Lipinski definition) is 3. The Morgan fingerprint density at radius 3 is 2.37 bits per heavy atom. The first kappa shape index (κ1) is 16.0. The lowest BCUT2D eigenvalue weighted by Gasteiger charge is -2.26. The topological polar surface area (TPSA) is 52.5 Å². The van der Waals surface area contributed by atoms with E-state index in [0.717, 1.165) is 12.1 Å². The molecule has 1 aromatic rings. The number of aliphatic hydroxyl groups excluding tert-OH is 1. The Labute approximate surface area is 112 Å². The predicted octanol–water partition coefficient (Wildman–Crippen LogP) is 2.14. The second-order valence-electron chi connectivity index (χ2n) is 4.75. The SMILES string of the molecule is CCC(O)(CC)CNCC(O)c1ccc(F)c(F)c1. The number of benzene rings is 1. The standard InChI is InChI=1S/C14H21F2NO2/c1-3-14(19,4-2)9-17-8-13(18)10-5-6-11(15)12(16)7-10/h5-7,13,17-19H,3-4,8-9H2,1-2H3.